The number of nitrogens with zero attached hydrogens (tertiary/aromatic N) is 1. The summed E-state index contributed by atoms with van der Waals surface area (Å²) in [7, 11) is 0. The molecule has 0 aliphatic rings. The number of benzene rings is 2. The van der Waals surface area contributed by atoms with Gasteiger partial charge in [-0.1, -0.05) is 72.0 Å². The van der Waals surface area contributed by atoms with Gasteiger partial charge < -0.3 is 15.4 Å². The number of hydrogen-bond donors (Lipinski definition) is 4. The van der Waals surface area contributed by atoms with Crippen LogP contribution in [0.3, 0.4) is 0 Å². The molecule has 0 aliphatic heterocycles. The minimum Gasteiger partial charge on any atom is -0.445 e. The molecule has 12 heteroatoms. The molecule has 0 saturated heterocycles. The van der Waals surface area contributed by atoms with E-state index in [1.165, 1.54) is 0 Å². The maximum atomic E-state index is 13.3. The molecule has 4 N–H and O–H groups in total. The fourth-order valence-corrected chi connectivity index (χ4v) is 4.48. The first-order valence-corrected chi connectivity index (χ1v) is 13.7. The van der Waals surface area contributed by atoms with E-state index < -0.39 is 30.0 Å². The lowest BCUT2D eigenvalue weighted by molar-refractivity contribution is -0.127. The minimum atomic E-state index is -0.951. The number of rotatable bonds is 12. The number of amides is 3. The van der Waals surface area contributed by atoms with Gasteiger partial charge in [-0.05, 0) is 41.8 Å². The SMILES string of the molecule is CSCCC(NC(=O)C(Cc1ccccc1)NC(=O)OCc1ccccc1)C(=O)Nc1n[nH]c(=S)s1. The Balaban J connectivity index is 1.69. The monoisotopic (exact) mass is 545 g/mol. The standard InChI is InChI=1S/C24H27N5O4S3/c1-35-13-12-18(20(30)27-22-28-29-24(34)36-22)25-21(31)19(14-16-8-4-2-5-9-16)26-23(32)33-15-17-10-6-3-7-11-17/h2-11,18-19H,12-15H2,1H3,(H,25,31)(H,26,32)(H,29,34)(H,27,28,30). The van der Waals surface area contributed by atoms with Crippen molar-refractivity contribution in [1.82, 2.24) is 20.8 Å². The van der Waals surface area contributed by atoms with Crippen LogP contribution >= 0.6 is 35.3 Å². The number of alkyl carbamates (subject to hydrolysis) is 1. The molecule has 0 aliphatic carbocycles. The lowest BCUT2D eigenvalue weighted by Crippen LogP contribution is -2.53. The van der Waals surface area contributed by atoms with Gasteiger partial charge in [-0.3, -0.25) is 20.0 Å². The number of anilines is 1. The summed E-state index contributed by atoms with van der Waals surface area (Å²) in [6, 6.07) is 16.8. The third-order valence-corrected chi connectivity index (χ3v) is 6.66. The van der Waals surface area contributed by atoms with Crippen LogP contribution in [-0.4, -0.2) is 52.2 Å². The molecule has 0 radical (unpaired) electrons. The van der Waals surface area contributed by atoms with E-state index in [1.807, 2.05) is 66.9 Å². The van der Waals surface area contributed by atoms with Crippen LogP contribution in [0.4, 0.5) is 9.93 Å². The second-order valence-electron chi connectivity index (χ2n) is 7.70. The van der Waals surface area contributed by atoms with Crippen LogP contribution in [0, 0.1) is 3.95 Å². The largest absolute Gasteiger partial charge is 0.445 e. The number of nitrogens with one attached hydrogen (secondary N) is 4. The molecule has 0 fully saturated rings. The molecule has 0 bridgehead atoms. The van der Waals surface area contributed by atoms with E-state index in [0.29, 0.717) is 21.3 Å². The van der Waals surface area contributed by atoms with Crippen LogP contribution in [0.5, 0.6) is 0 Å². The van der Waals surface area contributed by atoms with Gasteiger partial charge in [-0.15, -0.1) is 5.10 Å². The van der Waals surface area contributed by atoms with E-state index >= 15 is 0 Å². The predicted molar refractivity (Wildman–Crippen MR) is 145 cm³/mol. The Morgan fingerprint density at radius 1 is 1.00 bits per heavy atom. The zero-order valence-electron chi connectivity index (χ0n) is 19.6. The molecule has 1 heterocycles. The van der Waals surface area contributed by atoms with Crippen molar-refractivity contribution in [3.05, 3.63) is 75.7 Å². The Morgan fingerprint density at radius 3 is 2.28 bits per heavy atom. The van der Waals surface area contributed by atoms with E-state index in [4.69, 9.17) is 17.0 Å². The zero-order chi connectivity index (χ0) is 25.8. The highest BCUT2D eigenvalue weighted by atomic mass is 32.2. The van der Waals surface area contributed by atoms with Crippen molar-refractivity contribution in [3.8, 4) is 0 Å². The Hall–Kier alpha value is -3.22. The molecule has 3 aromatic rings. The maximum Gasteiger partial charge on any atom is 0.408 e. The van der Waals surface area contributed by atoms with E-state index in [-0.39, 0.29) is 13.0 Å². The average molecular weight is 546 g/mol. The Kier molecular flexibility index (Phi) is 10.9. The Morgan fingerprint density at radius 2 is 1.67 bits per heavy atom. The van der Waals surface area contributed by atoms with Crippen molar-refractivity contribution in [2.45, 2.75) is 31.5 Å². The fraction of sp³-hybridized carbons (Fsp3) is 0.292. The second kappa shape index (κ2) is 14.4. The van der Waals surface area contributed by atoms with Crippen LogP contribution in [0.25, 0.3) is 0 Å². The van der Waals surface area contributed by atoms with E-state index in [9.17, 15) is 14.4 Å². The first-order chi connectivity index (χ1) is 17.4. The van der Waals surface area contributed by atoms with Gasteiger partial charge in [-0.2, -0.15) is 11.8 Å². The quantitative estimate of drug-likeness (QED) is 0.254. The number of aromatic nitrogens is 2. The van der Waals surface area contributed by atoms with Crippen LogP contribution in [0.15, 0.2) is 60.7 Å². The molecule has 36 heavy (non-hydrogen) atoms. The topological polar surface area (TPSA) is 125 Å². The van der Waals surface area contributed by atoms with Gasteiger partial charge in [0.15, 0.2) is 3.95 Å². The molecule has 190 valence electrons. The predicted octanol–water partition coefficient (Wildman–Crippen LogP) is 3.91. The Bertz CT molecular complexity index is 1190. The first-order valence-electron chi connectivity index (χ1n) is 11.1. The summed E-state index contributed by atoms with van der Waals surface area (Å²) in [6.45, 7) is 0.0702. The maximum absolute atomic E-state index is 13.3. The van der Waals surface area contributed by atoms with Crippen molar-refractivity contribution in [2.75, 3.05) is 17.3 Å². The van der Waals surface area contributed by atoms with Gasteiger partial charge in [-0.25, -0.2) is 4.79 Å². The van der Waals surface area contributed by atoms with Gasteiger partial charge in [0.25, 0.3) is 0 Å². The average Bonchev–Trinajstić information content (AvgIpc) is 3.30. The molecule has 0 spiro atoms. The van der Waals surface area contributed by atoms with Crippen molar-refractivity contribution in [3.63, 3.8) is 0 Å². The lowest BCUT2D eigenvalue weighted by Gasteiger charge is -2.23. The summed E-state index contributed by atoms with van der Waals surface area (Å²) in [5.41, 5.74) is 1.68. The van der Waals surface area contributed by atoms with Gasteiger partial charge in [0.05, 0.1) is 0 Å². The molecule has 3 rings (SSSR count). The van der Waals surface area contributed by atoms with Gasteiger partial charge in [0.2, 0.25) is 16.9 Å². The molecule has 2 atom stereocenters. The van der Waals surface area contributed by atoms with Crippen LogP contribution in [-0.2, 0) is 27.4 Å². The van der Waals surface area contributed by atoms with Crippen LogP contribution in [0.2, 0.25) is 0 Å². The summed E-state index contributed by atoms with van der Waals surface area (Å²) in [4.78, 5) is 38.7. The number of aromatic amines is 1. The number of ether oxygens (including phenoxy) is 1. The molecule has 3 amide bonds. The zero-order valence-corrected chi connectivity index (χ0v) is 22.0. The molecule has 9 nitrogen and oxygen atoms in total. The molecular weight excluding hydrogens is 518 g/mol. The summed E-state index contributed by atoms with van der Waals surface area (Å²) in [5, 5.41) is 15.0. The van der Waals surface area contributed by atoms with Crippen molar-refractivity contribution < 1.29 is 19.1 Å². The van der Waals surface area contributed by atoms with Gasteiger partial charge >= 0.3 is 6.09 Å². The van der Waals surface area contributed by atoms with E-state index in [1.54, 1.807) is 11.8 Å². The highest BCUT2D eigenvalue weighted by Crippen LogP contribution is 2.13. The van der Waals surface area contributed by atoms with Crippen molar-refractivity contribution in [1.29, 1.82) is 0 Å². The van der Waals surface area contributed by atoms with Crippen molar-refractivity contribution in [2.24, 2.45) is 0 Å². The molecule has 2 unspecified atom stereocenters. The molecule has 1 aromatic heterocycles. The minimum absolute atomic E-state index is 0.0702. The first kappa shape index (κ1) is 27.4. The summed E-state index contributed by atoms with van der Waals surface area (Å²) in [6.07, 6.45) is 1.81. The highest BCUT2D eigenvalue weighted by molar-refractivity contribution is 7.98. The third kappa shape index (κ3) is 9.10. The lowest BCUT2D eigenvalue weighted by atomic mass is 10.0. The second-order valence-corrected chi connectivity index (χ2v) is 10.3. The van der Waals surface area contributed by atoms with Crippen LogP contribution < -0.4 is 16.0 Å². The van der Waals surface area contributed by atoms with Crippen LogP contribution in [0.1, 0.15) is 17.5 Å². The third-order valence-electron chi connectivity index (χ3n) is 5.02. The number of carbonyl (C=O) groups excluding carboxylic acids is 3. The normalized spacial score (nSPS) is 12.2. The van der Waals surface area contributed by atoms with E-state index in [2.05, 4.69) is 26.1 Å². The molecule has 2 aromatic carbocycles. The molecular formula is C24H27N5O4S3. The summed E-state index contributed by atoms with van der Waals surface area (Å²) >= 11 is 7.68. The highest BCUT2D eigenvalue weighted by Gasteiger charge is 2.28. The number of hydrogen-bond acceptors (Lipinski definition) is 8. The fourth-order valence-electron chi connectivity index (χ4n) is 3.22. The summed E-state index contributed by atoms with van der Waals surface area (Å²) in [5.74, 6) is -0.267. The smallest absolute Gasteiger partial charge is 0.408 e. The van der Waals surface area contributed by atoms with E-state index in [0.717, 1.165) is 22.5 Å². The van der Waals surface area contributed by atoms with Gasteiger partial charge in [0.1, 0.15) is 18.7 Å². The Labute approximate surface area is 222 Å². The van der Waals surface area contributed by atoms with Crippen molar-refractivity contribution >= 4 is 58.4 Å². The summed E-state index contributed by atoms with van der Waals surface area (Å²) < 4.78 is 5.74. The van der Waals surface area contributed by atoms with Gasteiger partial charge in [0, 0.05) is 6.42 Å². The number of carbonyl (C=O) groups is 3. The number of thioether (sulfide) groups is 1. The number of H-pyrrole nitrogens is 1. The molecule has 0 saturated carbocycles.